The van der Waals surface area contributed by atoms with Gasteiger partial charge in [0.2, 0.25) is 0 Å². The number of allylic oxidation sites excluding steroid dienone is 4. The molecule has 22 heavy (non-hydrogen) atoms. The van der Waals surface area contributed by atoms with E-state index in [1.165, 1.54) is 24.0 Å². The third-order valence-corrected chi connectivity index (χ3v) is 5.89. The third kappa shape index (κ3) is 3.71. The van der Waals surface area contributed by atoms with E-state index < -0.39 is 5.97 Å². The second kappa shape index (κ2) is 6.85. The Balaban J connectivity index is 2.30. The summed E-state index contributed by atoms with van der Waals surface area (Å²) < 4.78 is 0. The van der Waals surface area contributed by atoms with Crippen LogP contribution in [0.15, 0.2) is 35.5 Å². The minimum absolute atomic E-state index is 0.291. The van der Waals surface area contributed by atoms with Gasteiger partial charge in [-0.2, -0.15) is 0 Å². The average molecular weight is 302 g/mol. The van der Waals surface area contributed by atoms with Gasteiger partial charge in [0.1, 0.15) is 0 Å². The normalized spacial score (nSPS) is 33.2. The quantitative estimate of drug-likeness (QED) is 0.682. The van der Waals surface area contributed by atoms with Gasteiger partial charge in [-0.15, -0.1) is 0 Å². The molecule has 0 aromatic carbocycles. The molecule has 3 unspecified atom stereocenters. The Hall–Kier alpha value is -1.31. The number of aliphatic carboxylic acids is 1. The molecule has 1 fully saturated rings. The lowest BCUT2D eigenvalue weighted by molar-refractivity contribution is -0.132. The topological polar surface area (TPSA) is 37.3 Å². The molecule has 2 aliphatic rings. The van der Waals surface area contributed by atoms with Crippen molar-refractivity contribution in [2.24, 2.45) is 17.3 Å². The van der Waals surface area contributed by atoms with E-state index in [9.17, 15) is 9.90 Å². The van der Waals surface area contributed by atoms with Gasteiger partial charge in [0.05, 0.1) is 0 Å². The van der Waals surface area contributed by atoms with Crippen LogP contribution >= 0.6 is 0 Å². The number of rotatable bonds is 2. The Morgan fingerprint density at radius 2 is 2.05 bits per heavy atom. The molecule has 0 saturated heterocycles. The fourth-order valence-electron chi connectivity index (χ4n) is 4.34. The monoisotopic (exact) mass is 302 g/mol. The zero-order valence-electron chi connectivity index (χ0n) is 14.3. The van der Waals surface area contributed by atoms with E-state index in [0.717, 1.165) is 25.7 Å². The van der Waals surface area contributed by atoms with Crippen LogP contribution in [0.4, 0.5) is 0 Å². The molecule has 0 spiro atoms. The fourth-order valence-corrected chi connectivity index (χ4v) is 4.34. The molecule has 0 amide bonds. The highest BCUT2D eigenvalue weighted by Crippen LogP contribution is 2.53. The van der Waals surface area contributed by atoms with Crippen molar-refractivity contribution in [3.05, 3.63) is 35.5 Å². The van der Waals surface area contributed by atoms with Crippen LogP contribution in [0.1, 0.15) is 65.7 Å². The van der Waals surface area contributed by atoms with E-state index in [1.807, 2.05) is 6.08 Å². The minimum Gasteiger partial charge on any atom is -0.478 e. The summed E-state index contributed by atoms with van der Waals surface area (Å²) in [5, 5.41) is 9.43. The van der Waals surface area contributed by atoms with Crippen LogP contribution in [0, 0.1) is 17.3 Å². The standard InChI is InChI=1S/C20H30O2/c1-14(2)17-11-13-20(4)12-10-15(3)6-5-7-16(19(21)22)8-9-18(17)20/h7,10,17-18H,1,5-6,8-9,11-13H2,2-4H3,(H,21,22). The smallest absolute Gasteiger partial charge is 0.331 e. The molecule has 2 nitrogen and oxygen atoms in total. The maximum absolute atomic E-state index is 11.5. The minimum atomic E-state index is -0.743. The van der Waals surface area contributed by atoms with E-state index in [-0.39, 0.29) is 0 Å². The molecule has 0 aromatic heterocycles. The van der Waals surface area contributed by atoms with E-state index in [1.54, 1.807) is 0 Å². The van der Waals surface area contributed by atoms with Gasteiger partial charge in [0.25, 0.3) is 0 Å². The number of carbonyl (C=O) groups is 1. The van der Waals surface area contributed by atoms with E-state index in [0.29, 0.717) is 29.2 Å². The maximum atomic E-state index is 11.5. The zero-order valence-corrected chi connectivity index (χ0v) is 14.3. The molecule has 3 atom stereocenters. The largest absolute Gasteiger partial charge is 0.478 e. The van der Waals surface area contributed by atoms with Crippen LogP contribution in [0.3, 0.4) is 0 Å². The Morgan fingerprint density at radius 3 is 2.68 bits per heavy atom. The molecule has 0 bridgehead atoms. The highest BCUT2D eigenvalue weighted by Gasteiger charge is 2.44. The average Bonchev–Trinajstić information content (AvgIpc) is 2.76. The first-order valence-electron chi connectivity index (χ1n) is 8.57. The van der Waals surface area contributed by atoms with E-state index in [4.69, 9.17) is 0 Å². The first-order valence-corrected chi connectivity index (χ1v) is 8.57. The van der Waals surface area contributed by atoms with Gasteiger partial charge in [0.15, 0.2) is 0 Å². The van der Waals surface area contributed by atoms with Crippen molar-refractivity contribution in [3.63, 3.8) is 0 Å². The zero-order chi connectivity index (χ0) is 16.3. The van der Waals surface area contributed by atoms with Crippen molar-refractivity contribution in [2.75, 3.05) is 0 Å². The number of carboxylic acid groups (broad SMARTS) is 1. The van der Waals surface area contributed by atoms with Crippen LogP contribution in [-0.2, 0) is 4.79 Å². The van der Waals surface area contributed by atoms with Crippen molar-refractivity contribution >= 4 is 5.97 Å². The molecule has 2 heteroatoms. The molecule has 0 heterocycles. The molecule has 0 radical (unpaired) electrons. The summed E-state index contributed by atoms with van der Waals surface area (Å²) in [6.45, 7) is 10.9. The molecule has 2 aliphatic carbocycles. The Kier molecular flexibility index (Phi) is 5.31. The lowest BCUT2D eigenvalue weighted by atomic mass is 9.70. The van der Waals surface area contributed by atoms with Crippen molar-refractivity contribution in [2.45, 2.75) is 65.7 Å². The second-order valence-electron chi connectivity index (χ2n) is 7.62. The summed E-state index contributed by atoms with van der Waals surface area (Å²) in [6.07, 6.45) is 11.4. The molecule has 0 aromatic rings. The van der Waals surface area contributed by atoms with Gasteiger partial charge in [-0.05, 0) is 76.0 Å². The Labute approximate surface area is 135 Å². The lowest BCUT2D eigenvalue weighted by Gasteiger charge is -2.34. The summed E-state index contributed by atoms with van der Waals surface area (Å²) in [5.74, 6) is 0.358. The highest BCUT2D eigenvalue weighted by atomic mass is 16.4. The second-order valence-corrected chi connectivity index (χ2v) is 7.62. The van der Waals surface area contributed by atoms with Gasteiger partial charge in [-0.3, -0.25) is 0 Å². The summed E-state index contributed by atoms with van der Waals surface area (Å²) in [7, 11) is 0. The van der Waals surface area contributed by atoms with Crippen LogP contribution in [0.2, 0.25) is 0 Å². The van der Waals surface area contributed by atoms with Crippen molar-refractivity contribution in [1.29, 1.82) is 0 Å². The van der Waals surface area contributed by atoms with Gasteiger partial charge in [0, 0.05) is 5.57 Å². The van der Waals surface area contributed by atoms with Crippen molar-refractivity contribution < 1.29 is 9.90 Å². The van der Waals surface area contributed by atoms with E-state index in [2.05, 4.69) is 33.4 Å². The predicted octanol–water partition coefficient (Wildman–Crippen LogP) is 5.52. The summed E-state index contributed by atoms with van der Waals surface area (Å²) >= 11 is 0. The van der Waals surface area contributed by atoms with Gasteiger partial charge in [-0.1, -0.05) is 36.8 Å². The molecule has 1 N–H and O–H groups in total. The summed E-state index contributed by atoms with van der Waals surface area (Å²) in [6, 6.07) is 0. The van der Waals surface area contributed by atoms with Gasteiger partial charge in [-0.25, -0.2) is 4.79 Å². The predicted molar refractivity (Wildman–Crippen MR) is 91.7 cm³/mol. The number of hydrogen-bond donors (Lipinski definition) is 1. The van der Waals surface area contributed by atoms with Crippen molar-refractivity contribution in [3.8, 4) is 0 Å². The van der Waals surface area contributed by atoms with Crippen LogP contribution < -0.4 is 0 Å². The maximum Gasteiger partial charge on any atom is 0.331 e. The van der Waals surface area contributed by atoms with E-state index >= 15 is 0 Å². The lowest BCUT2D eigenvalue weighted by Crippen LogP contribution is -2.26. The van der Waals surface area contributed by atoms with Crippen LogP contribution in [-0.4, -0.2) is 11.1 Å². The Morgan fingerprint density at radius 1 is 1.32 bits per heavy atom. The summed E-state index contributed by atoms with van der Waals surface area (Å²) in [5.41, 5.74) is 3.55. The van der Waals surface area contributed by atoms with Gasteiger partial charge >= 0.3 is 5.97 Å². The van der Waals surface area contributed by atoms with Crippen molar-refractivity contribution in [1.82, 2.24) is 0 Å². The molecule has 0 aliphatic heterocycles. The summed E-state index contributed by atoms with van der Waals surface area (Å²) in [4.78, 5) is 11.5. The number of fused-ring (bicyclic) bond motifs is 1. The SMILES string of the molecule is C=C(C)C1CCC2(C)CC=C(C)CCC=C(C(=O)O)CCC12. The number of carboxylic acids is 1. The number of hydrogen-bond acceptors (Lipinski definition) is 1. The third-order valence-electron chi connectivity index (χ3n) is 5.89. The van der Waals surface area contributed by atoms with Crippen LogP contribution in [0.25, 0.3) is 0 Å². The fraction of sp³-hybridized carbons (Fsp3) is 0.650. The molecular weight excluding hydrogens is 272 g/mol. The first kappa shape index (κ1) is 17.1. The highest BCUT2D eigenvalue weighted by molar-refractivity contribution is 5.86. The molecule has 2 rings (SSSR count). The molecule has 1 saturated carbocycles. The molecular formula is C20H30O2. The Bertz CT molecular complexity index is 512. The molecule has 122 valence electrons. The van der Waals surface area contributed by atoms with Gasteiger partial charge < -0.3 is 5.11 Å². The first-order chi connectivity index (χ1) is 10.3. The van der Waals surface area contributed by atoms with Crippen LogP contribution in [0.5, 0.6) is 0 Å².